The van der Waals surface area contributed by atoms with E-state index in [-0.39, 0.29) is 23.7 Å². The molecule has 1 saturated carbocycles. The van der Waals surface area contributed by atoms with Crippen LogP contribution < -0.4 is 10.6 Å². The Morgan fingerprint density at radius 2 is 1.48 bits per heavy atom. The second-order valence-electron chi connectivity index (χ2n) is 7.43. The number of esters is 1. The number of hydrogen-bond donors (Lipinski definition) is 2. The van der Waals surface area contributed by atoms with Crippen molar-refractivity contribution in [1.29, 1.82) is 0 Å². The third kappa shape index (κ3) is 5.22. The van der Waals surface area contributed by atoms with Crippen molar-refractivity contribution in [3.05, 3.63) is 59.7 Å². The molecular weight excluding hydrogens is 368 g/mol. The van der Waals surface area contributed by atoms with Crippen LogP contribution in [-0.4, -0.2) is 24.9 Å². The highest BCUT2D eigenvalue weighted by Gasteiger charge is 2.30. The van der Waals surface area contributed by atoms with Gasteiger partial charge in [0.1, 0.15) is 0 Å². The molecule has 0 radical (unpaired) electrons. The zero-order chi connectivity index (χ0) is 20.8. The van der Waals surface area contributed by atoms with Crippen molar-refractivity contribution >= 4 is 29.2 Å². The van der Waals surface area contributed by atoms with Gasteiger partial charge in [0, 0.05) is 17.5 Å². The maximum Gasteiger partial charge on any atom is 0.339 e. The minimum Gasteiger partial charge on any atom is -0.465 e. The molecular formula is C23H26N2O4. The lowest BCUT2D eigenvalue weighted by atomic mass is 9.81. The number of rotatable bonds is 5. The van der Waals surface area contributed by atoms with E-state index in [2.05, 4.69) is 10.6 Å². The summed E-state index contributed by atoms with van der Waals surface area (Å²) in [7, 11) is 1.31. The Bertz CT molecular complexity index is 901. The molecule has 0 bridgehead atoms. The van der Waals surface area contributed by atoms with E-state index in [1.54, 1.807) is 24.3 Å². The fourth-order valence-corrected chi connectivity index (χ4v) is 3.70. The summed E-state index contributed by atoms with van der Waals surface area (Å²) < 4.78 is 4.77. The molecule has 0 saturated heterocycles. The summed E-state index contributed by atoms with van der Waals surface area (Å²) in [6.07, 6.45) is 2.60. The summed E-state index contributed by atoms with van der Waals surface area (Å²) in [6, 6.07) is 14.5. The molecule has 1 aliphatic rings. The molecule has 2 N–H and O–H groups in total. The van der Waals surface area contributed by atoms with E-state index < -0.39 is 5.97 Å². The Balaban J connectivity index is 1.55. The Hall–Kier alpha value is -3.15. The highest BCUT2D eigenvalue weighted by Crippen LogP contribution is 2.31. The number of para-hydroxylation sites is 1. The van der Waals surface area contributed by atoms with Crippen molar-refractivity contribution in [1.82, 2.24) is 0 Å². The first-order valence-corrected chi connectivity index (χ1v) is 9.83. The van der Waals surface area contributed by atoms with Gasteiger partial charge < -0.3 is 15.4 Å². The molecule has 1 aliphatic carbocycles. The van der Waals surface area contributed by atoms with Crippen LogP contribution in [-0.2, 0) is 14.3 Å². The molecule has 0 unspecified atom stereocenters. The average molecular weight is 394 g/mol. The van der Waals surface area contributed by atoms with Crippen molar-refractivity contribution in [2.75, 3.05) is 17.7 Å². The first-order chi connectivity index (χ1) is 14.0. The highest BCUT2D eigenvalue weighted by molar-refractivity contribution is 6.02. The largest absolute Gasteiger partial charge is 0.465 e. The number of amides is 2. The Morgan fingerprint density at radius 1 is 0.862 bits per heavy atom. The second-order valence-corrected chi connectivity index (χ2v) is 7.43. The number of ether oxygens (including phenoxy) is 1. The monoisotopic (exact) mass is 394 g/mol. The van der Waals surface area contributed by atoms with Gasteiger partial charge >= 0.3 is 5.97 Å². The molecule has 2 aromatic carbocycles. The van der Waals surface area contributed by atoms with E-state index in [0.29, 0.717) is 36.9 Å². The summed E-state index contributed by atoms with van der Waals surface area (Å²) in [6.45, 7) is 1.98. The minimum atomic E-state index is -0.488. The SMILES string of the molecule is COC(=O)c1ccccc1NC(=O)C1CCC(C(=O)Nc2cccc(C)c2)CC1. The number of methoxy groups -OCH3 is 1. The summed E-state index contributed by atoms with van der Waals surface area (Å²) in [5.41, 5.74) is 2.67. The Morgan fingerprint density at radius 3 is 2.10 bits per heavy atom. The van der Waals surface area contributed by atoms with E-state index in [1.165, 1.54) is 7.11 Å². The average Bonchev–Trinajstić information content (AvgIpc) is 2.73. The van der Waals surface area contributed by atoms with Gasteiger partial charge in [-0.1, -0.05) is 24.3 Å². The lowest BCUT2D eigenvalue weighted by Gasteiger charge is -2.27. The first-order valence-electron chi connectivity index (χ1n) is 9.83. The fourth-order valence-electron chi connectivity index (χ4n) is 3.70. The van der Waals surface area contributed by atoms with Crippen LogP contribution in [0.15, 0.2) is 48.5 Å². The lowest BCUT2D eigenvalue weighted by Crippen LogP contribution is -2.32. The Labute approximate surface area is 170 Å². The molecule has 152 valence electrons. The van der Waals surface area contributed by atoms with Crippen LogP contribution >= 0.6 is 0 Å². The van der Waals surface area contributed by atoms with Gasteiger partial charge in [0.15, 0.2) is 0 Å². The third-order valence-corrected chi connectivity index (χ3v) is 5.34. The molecule has 6 heteroatoms. The van der Waals surface area contributed by atoms with Gasteiger partial charge in [0.05, 0.1) is 18.4 Å². The number of anilines is 2. The highest BCUT2D eigenvalue weighted by atomic mass is 16.5. The molecule has 6 nitrogen and oxygen atoms in total. The minimum absolute atomic E-state index is 0.00509. The predicted molar refractivity (Wildman–Crippen MR) is 112 cm³/mol. The Kier molecular flexibility index (Phi) is 6.65. The zero-order valence-electron chi connectivity index (χ0n) is 16.7. The first kappa shape index (κ1) is 20.6. The maximum atomic E-state index is 12.7. The topological polar surface area (TPSA) is 84.5 Å². The molecule has 0 atom stereocenters. The number of carbonyl (C=O) groups excluding carboxylic acids is 3. The molecule has 2 aromatic rings. The summed E-state index contributed by atoms with van der Waals surface area (Å²) >= 11 is 0. The number of hydrogen-bond acceptors (Lipinski definition) is 4. The molecule has 0 heterocycles. The van der Waals surface area contributed by atoms with Crippen LogP contribution in [0.3, 0.4) is 0 Å². The molecule has 0 spiro atoms. The lowest BCUT2D eigenvalue weighted by molar-refractivity contribution is -0.125. The molecule has 1 fully saturated rings. The molecule has 0 aliphatic heterocycles. The number of carbonyl (C=O) groups is 3. The van der Waals surface area contributed by atoms with Crippen LogP contribution in [0, 0.1) is 18.8 Å². The van der Waals surface area contributed by atoms with E-state index >= 15 is 0 Å². The number of benzene rings is 2. The normalized spacial score (nSPS) is 18.6. The molecule has 0 aromatic heterocycles. The smallest absolute Gasteiger partial charge is 0.339 e. The fraction of sp³-hybridized carbons (Fsp3) is 0.348. The van der Waals surface area contributed by atoms with E-state index in [0.717, 1.165) is 11.3 Å². The second kappa shape index (κ2) is 9.37. The third-order valence-electron chi connectivity index (χ3n) is 5.34. The number of nitrogens with one attached hydrogen (secondary N) is 2. The molecule has 2 amide bonds. The van der Waals surface area contributed by atoms with Gasteiger partial charge in [-0.25, -0.2) is 4.79 Å². The van der Waals surface area contributed by atoms with Gasteiger partial charge in [0.2, 0.25) is 11.8 Å². The van der Waals surface area contributed by atoms with E-state index in [1.807, 2.05) is 31.2 Å². The van der Waals surface area contributed by atoms with Gasteiger partial charge in [0.25, 0.3) is 0 Å². The van der Waals surface area contributed by atoms with Crippen molar-refractivity contribution in [2.24, 2.45) is 11.8 Å². The van der Waals surface area contributed by atoms with Crippen LogP contribution in [0.5, 0.6) is 0 Å². The van der Waals surface area contributed by atoms with E-state index in [9.17, 15) is 14.4 Å². The quantitative estimate of drug-likeness (QED) is 0.746. The standard InChI is InChI=1S/C23H26N2O4/c1-15-6-5-7-18(14-15)24-21(26)16-10-12-17(13-11-16)22(27)25-20-9-4-3-8-19(20)23(28)29-2/h3-9,14,16-17H,10-13H2,1-2H3,(H,24,26)(H,25,27). The van der Waals surface area contributed by atoms with Crippen molar-refractivity contribution in [3.63, 3.8) is 0 Å². The van der Waals surface area contributed by atoms with E-state index in [4.69, 9.17) is 4.74 Å². The van der Waals surface area contributed by atoms with Crippen molar-refractivity contribution < 1.29 is 19.1 Å². The van der Waals surface area contributed by atoms with Crippen LogP contribution in [0.1, 0.15) is 41.6 Å². The van der Waals surface area contributed by atoms with Gasteiger partial charge in [-0.05, 0) is 62.4 Å². The summed E-state index contributed by atoms with van der Waals surface area (Å²) in [5.74, 6) is -0.882. The van der Waals surface area contributed by atoms with Crippen LogP contribution in [0.2, 0.25) is 0 Å². The molecule has 29 heavy (non-hydrogen) atoms. The zero-order valence-corrected chi connectivity index (χ0v) is 16.7. The maximum absolute atomic E-state index is 12.7. The van der Waals surface area contributed by atoms with Crippen molar-refractivity contribution in [3.8, 4) is 0 Å². The summed E-state index contributed by atoms with van der Waals surface area (Å²) in [5, 5.41) is 5.82. The number of aryl methyl sites for hydroxylation is 1. The van der Waals surface area contributed by atoms with Gasteiger partial charge in [-0.3, -0.25) is 9.59 Å². The predicted octanol–water partition coefficient (Wildman–Crippen LogP) is 4.17. The van der Waals surface area contributed by atoms with Crippen LogP contribution in [0.4, 0.5) is 11.4 Å². The van der Waals surface area contributed by atoms with Gasteiger partial charge in [-0.2, -0.15) is 0 Å². The van der Waals surface area contributed by atoms with Crippen molar-refractivity contribution in [2.45, 2.75) is 32.6 Å². The summed E-state index contributed by atoms with van der Waals surface area (Å²) in [4.78, 5) is 37.1. The van der Waals surface area contributed by atoms with Crippen LogP contribution in [0.25, 0.3) is 0 Å². The molecule has 3 rings (SSSR count). The van der Waals surface area contributed by atoms with Gasteiger partial charge in [-0.15, -0.1) is 0 Å².